The van der Waals surface area contributed by atoms with Gasteiger partial charge in [0.25, 0.3) is 5.92 Å². The number of aromatic nitrogens is 2. The van der Waals surface area contributed by atoms with Crippen molar-refractivity contribution in [1.29, 1.82) is 0 Å². The van der Waals surface area contributed by atoms with Crippen molar-refractivity contribution in [3.05, 3.63) is 23.8 Å². The summed E-state index contributed by atoms with van der Waals surface area (Å²) < 4.78 is 25.6. The molecule has 0 saturated carbocycles. The summed E-state index contributed by atoms with van der Waals surface area (Å²) in [7, 11) is 0. The van der Waals surface area contributed by atoms with Crippen LogP contribution in [0.3, 0.4) is 0 Å². The Kier molecular flexibility index (Phi) is 5.14. The van der Waals surface area contributed by atoms with Crippen molar-refractivity contribution in [3.63, 3.8) is 0 Å². The van der Waals surface area contributed by atoms with E-state index in [1.54, 1.807) is 26.1 Å². The number of nitrogens with one attached hydrogen (secondary N) is 1. The number of nitrogens with zero attached hydrogens (tertiary/aromatic N) is 2. The smallest absolute Gasteiger partial charge is 0.262 e. The molecule has 1 N–H and O–H groups in total. The van der Waals surface area contributed by atoms with E-state index in [1.807, 2.05) is 6.92 Å². The molecule has 0 spiro atoms. The lowest BCUT2D eigenvalue weighted by atomic mass is 9.81. The summed E-state index contributed by atoms with van der Waals surface area (Å²) in [5.74, 6) is -2.66. The van der Waals surface area contributed by atoms with Gasteiger partial charge in [0.2, 0.25) is 5.91 Å². The summed E-state index contributed by atoms with van der Waals surface area (Å²) in [6.45, 7) is 5.52. The lowest BCUT2D eigenvalue weighted by Gasteiger charge is -2.27. The van der Waals surface area contributed by atoms with Gasteiger partial charge in [-0.2, -0.15) is 0 Å². The van der Waals surface area contributed by atoms with Crippen LogP contribution in [-0.4, -0.2) is 28.3 Å². The fourth-order valence-corrected chi connectivity index (χ4v) is 1.82. The van der Waals surface area contributed by atoms with Crippen LogP contribution in [0.15, 0.2) is 12.3 Å². The topological polar surface area (TPSA) is 54.9 Å². The lowest BCUT2D eigenvalue weighted by Crippen LogP contribution is -2.44. The highest BCUT2D eigenvalue weighted by Gasteiger charge is 2.34. The number of halogens is 2. The fraction of sp³-hybridized carbons (Fsp3) is 0.643. The molecule has 0 saturated heterocycles. The third kappa shape index (κ3) is 4.83. The average molecular weight is 285 g/mol. The Morgan fingerprint density at radius 2 is 2.05 bits per heavy atom. The standard InChI is InChI=1S/C14H21F2N3O/c1-5-13(3,12(20)18-9-14(4,15)16)8-11-6-7-17-10(2)19-11/h6-7H,5,8-9H2,1-4H3,(H,18,20)/t13-/m0/s1. The lowest BCUT2D eigenvalue weighted by molar-refractivity contribution is -0.132. The third-order valence-corrected chi connectivity index (χ3v) is 3.29. The van der Waals surface area contributed by atoms with Gasteiger partial charge in [-0.15, -0.1) is 0 Å². The number of aryl methyl sites for hydroxylation is 1. The zero-order valence-electron chi connectivity index (χ0n) is 12.3. The minimum Gasteiger partial charge on any atom is -0.350 e. The molecule has 0 aliphatic carbocycles. The number of alkyl halides is 2. The predicted molar refractivity (Wildman–Crippen MR) is 72.5 cm³/mol. The van der Waals surface area contributed by atoms with Gasteiger partial charge in [0.15, 0.2) is 0 Å². The summed E-state index contributed by atoms with van der Waals surface area (Å²) in [5, 5.41) is 2.32. The highest BCUT2D eigenvalue weighted by atomic mass is 19.3. The Balaban J connectivity index is 2.78. The minimum atomic E-state index is -2.91. The average Bonchev–Trinajstić information content (AvgIpc) is 2.34. The number of hydrogen-bond acceptors (Lipinski definition) is 3. The Morgan fingerprint density at radius 1 is 1.40 bits per heavy atom. The van der Waals surface area contributed by atoms with Crippen molar-refractivity contribution in [3.8, 4) is 0 Å². The summed E-state index contributed by atoms with van der Waals surface area (Å²) in [4.78, 5) is 20.4. The molecule has 0 radical (unpaired) electrons. The van der Waals surface area contributed by atoms with Crippen molar-refractivity contribution in [2.75, 3.05) is 6.54 Å². The van der Waals surface area contributed by atoms with E-state index in [4.69, 9.17) is 0 Å². The van der Waals surface area contributed by atoms with Crippen LogP contribution in [0.4, 0.5) is 8.78 Å². The zero-order valence-corrected chi connectivity index (χ0v) is 12.3. The number of hydrogen-bond donors (Lipinski definition) is 1. The van der Waals surface area contributed by atoms with Gasteiger partial charge in [-0.3, -0.25) is 4.79 Å². The van der Waals surface area contributed by atoms with E-state index in [0.29, 0.717) is 18.7 Å². The molecule has 4 nitrogen and oxygen atoms in total. The third-order valence-electron chi connectivity index (χ3n) is 3.29. The monoisotopic (exact) mass is 285 g/mol. The van der Waals surface area contributed by atoms with Gasteiger partial charge in [-0.05, 0) is 19.4 Å². The van der Waals surface area contributed by atoms with Crippen molar-refractivity contribution >= 4 is 5.91 Å². The molecule has 1 amide bonds. The van der Waals surface area contributed by atoms with Crippen molar-refractivity contribution in [1.82, 2.24) is 15.3 Å². The summed E-state index contributed by atoms with van der Waals surface area (Å²) >= 11 is 0. The minimum absolute atomic E-state index is 0.377. The van der Waals surface area contributed by atoms with Gasteiger partial charge in [-0.25, -0.2) is 18.7 Å². The number of carbonyl (C=O) groups is 1. The van der Waals surface area contributed by atoms with Crippen LogP contribution in [0.5, 0.6) is 0 Å². The first kappa shape index (κ1) is 16.5. The van der Waals surface area contributed by atoms with Gasteiger partial charge in [0.05, 0.1) is 12.0 Å². The molecule has 112 valence electrons. The van der Waals surface area contributed by atoms with E-state index in [9.17, 15) is 13.6 Å². The molecule has 0 aliphatic rings. The molecule has 6 heteroatoms. The number of amides is 1. The fourth-order valence-electron chi connectivity index (χ4n) is 1.82. The van der Waals surface area contributed by atoms with E-state index in [1.165, 1.54) is 0 Å². The van der Waals surface area contributed by atoms with Crippen molar-refractivity contribution in [2.45, 2.75) is 46.5 Å². The Hall–Kier alpha value is -1.59. The van der Waals surface area contributed by atoms with Crippen LogP contribution in [0, 0.1) is 12.3 Å². The second-order valence-corrected chi connectivity index (χ2v) is 5.44. The van der Waals surface area contributed by atoms with Gasteiger partial charge in [-0.1, -0.05) is 13.8 Å². The van der Waals surface area contributed by atoms with Crippen LogP contribution in [-0.2, 0) is 11.2 Å². The van der Waals surface area contributed by atoms with Crippen LogP contribution in [0.2, 0.25) is 0 Å². The van der Waals surface area contributed by atoms with Gasteiger partial charge in [0, 0.05) is 25.2 Å². The van der Waals surface area contributed by atoms with Crippen LogP contribution < -0.4 is 5.32 Å². The molecular weight excluding hydrogens is 264 g/mol. The van der Waals surface area contributed by atoms with Gasteiger partial charge >= 0.3 is 0 Å². The highest BCUT2D eigenvalue weighted by molar-refractivity contribution is 5.82. The largest absolute Gasteiger partial charge is 0.350 e. The number of rotatable bonds is 6. The van der Waals surface area contributed by atoms with E-state index in [-0.39, 0.29) is 5.91 Å². The molecule has 0 bridgehead atoms. The second-order valence-electron chi connectivity index (χ2n) is 5.44. The molecule has 0 unspecified atom stereocenters. The first-order valence-electron chi connectivity index (χ1n) is 6.61. The molecule has 1 aromatic heterocycles. The molecule has 1 rings (SSSR count). The molecule has 1 atom stereocenters. The Labute approximate surface area is 118 Å². The highest BCUT2D eigenvalue weighted by Crippen LogP contribution is 2.26. The molecule has 0 aliphatic heterocycles. The van der Waals surface area contributed by atoms with Crippen molar-refractivity contribution in [2.24, 2.45) is 5.41 Å². The molecular formula is C14H21F2N3O. The van der Waals surface area contributed by atoms with E-state index >= 15 is 0 Å². The van der Waals surface area contributed by atoms with Gasteiger partial charge < -0.3 is 5.32 Å². The van der Waals surface area contributed by atoms with E-state index in [2.05, 4.69) is 15.3 Å². The normalized spacial score (nSPS) is 14.7. The maximum absolute atomic E-state index is 12.8. The first-order valence-corrected chi connectivity index (χ1v) is 6.61. The predicted octanol–water partition coefficient (Wildman–Crippen LogP) is 2.52. The van der Waals surface area contributed by atoms with Crippen LogP contribution in [0.1, 0.15) is 38.7 Å². The van der Waals surface area contributed by atoms with E-state index in [0.717, 1.165) is 12.6 Å². The van der Waals surface area contributed by atoms with Crippen LogP contribution in [0.25, 0.3) is 0 Å². The molecule has 0 aromatic carbocycles. The SMILES string of the molecule is CC[C@@](C)(Cc1ccnc(C)n1)C(=O)NCC(C)(F)F. The summed E-state index contributed by atoms with van der Waals surface area (Å²) in [6, 6.07) is 1.74. The Morgan fingerprint density at radius 3 is 2.55 bits per heavy atom. The second kappa shape index (κ2) is 6.24. The Bertz CT molecular complexity index is 474. The molecule has 20 heavy (non-hydrogen) atoms. The summed E-state index contributed by atoms with van der Waals surface area (Å²) in [5.41, 5.74) is -0.0215. The quantitative estimate of drug-likeness (QED) is 0.873. The first-order chi connectivity index (χ1) is 9.16. The van der Waals surface area contributed by atoms with Crippen molar-refractivity contribution < 1.29 is 13.6 Å². The summed E-state index contributed by atoms with van der Waals surface area (Å²) in [6.07, 6.45) is 2.57. The molecule has 1 heterocycles. The molecule has 1 aromatic rings. The maximum Gasteiger partial charge on any atom is 0.262 e. The van der Waals surface area contributed by atoms with Gasteiger partial charge in [0.1, 0.15) is 5.82 Å². The number of carbonyl (C=O) groups excluding carboxylic acids is 1. The maximum atomic E-state index is 12.8. The van der Waals surface area contributed by atoms with E-state index < -0.39 is 17.9 Å². The molecule has 0 fully saturated rings. The van der Waals surface area contributed by atoms with Crippen LogP contribution >= 0.6 is 0 Å². The zero-order chi connectivity index (χ0) is 15.4.